The largest absolute Gasteiger partial charge is 0.266 e. The zero-order valence-corrected chi connectivity index (χ0v) is 9.22. The number of rotatable bonds is 5. The van der Waals surface area contributed by atoms with Crippen molar-refractivity contribution in [2.75, 3.05) is 0 Å². The van der Waals surface area contributed by atoms with Gasteiger partial charge in [0.05, 0.1) is 10.8 Å². The highest BCUT2D eigenvalue weighted by Crippen LogP contribution is 2.35. The number of hydrogen-bond acceptors (Lipinski definition) is 8. The van der Waals surface area contributed by atoms with Crippen molar-refractivity contribution in [1.82, 2.24) is 10.8 Å². The van der Waals surface area contributed by atoms with Crippen molar-refractivity contribution in [1.29, 1.82) is 0 Å². The Kier molecular flexibility index (Phi) is 5.02. The Morgan fingerprint density at radius 1 is 0.938 bits per heavy atom. The van der Waals surface area contributed by atoms with E-state index in [1.807, 2.05) is 13.8 Å². The molecule has 1 aliphatic carbocycles. The molecule has 96 valence electrons. The Balaban J connectivity index is 2.56. The summed E-state index contributed by atoms with van der Waals surface area (Å²) in [5.74, 6) is 0.631. The van der Waals surface area contributed by atoms with Gasteiger partial charge in [-0.25, -0.2) is 9.68 Å². The van der Waals surface area contributed by atoms with Crippen LogP contribution >= 0.6 is 0 Å². The average molecular weight is 238 g/mol. The molecule has 0 aromatic rings. The Bertz CT molecular complexity index is 195. The summed E-state index contributed by atoms with van der Waals surface area (Å²) < 4.78 is 0. The highest BCUT2D eigenvalue weighted by molar-refractivity contribution is 4.85. The van der Waals surface area contributed by atoms with E-state index in [0.717, 1.165) is 0 Å². The standard InChI is InChI=1S/C8H18N2O6/c1-5(2)6-3-7(15-9(11)12)8(4-6)16-10(13)14/h5-8,11-14H,3-4H2,1-2H3/t6?,7-,8+. The molecule has 1 aliphatic rings. The molecule has 0 aliphatic heterocycles. The second-order valence-corrected chi connectivity index (χ2v) is 4.27. The van der Waals surface area contributed by atoms with E-state index in [4.69, 9.17) is 20.8 Å². The van der Waals surface area contributed by atoms with E-state index in [9.17, 15) is 0 Å². The van der Waals surface area contributed by atoms with E-state index < -0.39 is 12.2 Å². The Labute approximate surface area is 92.9 Å². The minimum Gasteiger partial charge on any atom is -0.266 e. The summed E-state index contributed by atoms with van der Waals surface area (Å²) in [6.45, 7) is 4.05. The van der Waals surface area contributed by atoms with Crippen LogP contribution in [0.1, 0.15) is 26.7 Å². The molecule has 0 amide bonds. The summed E-state index contributed by atoms with van der Waals surface area (Å²) >= 11 is 0. The summed E-state index contributed by atoms with van der Waals surface area (Å²) in [6, 6.07) is 0. The summed E-state index contributed by atoms with van der Waals surface area (Å²) in [5.41, 5.74) is 0. The minimum absolute atomic E-state index is 0.259. The number of nitrogens with zero attached hydrogens (tertiary/aromatic N) is 2. The first-order valence-corrected chi connectivity index (χ1v) is 5.09. The van der Waals surface area contributed by atoms with Crippen LogP contribution in [-0.2, 0) is 9.68 Å². The molecule has 0 spiro atoms. The van der Waals surface area contributed by atoms with E-state index in [0.29, 0.717) is 18.8 Å². The lowest BCUT2D eigenvalue weighted by Crippen LogP contribution is -2.35. The lowest BCUT2D eigenvalue weighted by atomic mass is 9.94. The van der Waals surface area contributed by atoms with Crippen molar-refractivity contribution in [2.24, 2.45) is 11.8 Å². The van der Waals surface area contributed by atoms with Crippen LogP contribution in [0.25, 0.3) is 0 Å². The Morgan fingerprint density at radius 2 is 1.31 bits per heavy atom. The molecule has 1 fully saturated rings. The van der Waals surface area contributed by atoms with Gasteiger partial charge in [-0.1, -0.05) is 13.8 Å². The molecular weight excluding hydrogens is 220 g/mol. The highest BCUT2D eigenvalue weighted by Gasteiger charge is 2.39. The van der Waals surface area contributed by atoms with Gasteiger partial charge in [-0.2, -0.15) is 0 Å². The molecule has 0 aromatic carbocycles. The molecule has 0 heterocycles. The van der Waals surface area contributed by atoms with E-state index in [1.165, 1.54) is 0 Å². The maximum atomic E-state index is 8.56. The van der Waals surface area contributed by atoms with Gasteiger partial charge >= 0.3 is 0 Å². The predicted molar refractivity (Wildman–Crippen MR) is 48.1 cm³/mol. The van der Waals surface area contributed by atoms with Gasteiger partial charge in [-0.05, 0) is 24.7 Å². The van der Waals surface area contributed by atoms with Crippen LogP contribution in [0.15, 0.2) is 0 Å². The first-order valence-electron chi connectivity index (χ1n) is 5.09. The number of hydrogen-bond donors (Lipinski definition) is 4. The summed E-state index contributed by atoms with van der Waals surface area (Å²) in [6.07, 6.45) is -0.171. The first kappa shape index (κ1) is 13.7. The van der Waals surface area contributed by atoms with E-state index in [-0.39, 0.29) is 16.7 Å². The molecule has 0 aromatic heterocycles. The van der Waals surface area contributed by atoms with Crippen molar-refractivity contribution in [2.45, 2.75) is 38.9 Å². The highest BCUT2D eigenvalue weighted by atomic mass is 17.1. The van der Waals surface area contributed by atoms with Gasteiger partial charge in [0.1, 0.15) is 12.2 Å². The molecule has 0 saturated heterocycles. The second-order valence-electron chi connectivity index (χ2n) is 4.27. The van der Waals surface area contributed by atoms with Crippen LogP contribution in [0.5, 0.6) is 0 Å². The molecule has 1 unspecified atom stereocenters. The van der Waals surface area contributed by atoms with Gasteiger partial charge in [0.15, 0.2) is 0 Å². The Morgan fingerprint density at radius 3 is 1.56 bits per heavy atom. The van der Waals surface area contributed by atoms with Crippen LogP contribution in [0.3, 0.4) is 0 Å². The third-order valence-electron chi connectivity index (χ3n) is 2.89. The van der Waals surface area contributed by atoms with Gasteiger partial charge in [0.25, 0.3) is 0 Å². The smallest absolute Gasteiger partial charge is 0.113 e. The summed E-state index contributed by atoms with van der Waals surface area (Å²) in [5, 5.41) is 33.5. The average Bonchev–Trinajstić information content (AvgIpc) is 2.46. The molecule has 16 heavy (non-hydrogen) atoms. The zero-order chi connectivity index (χ0) is 12.3. The van der Waals surface area contributed by atoms with Gasteiger partial charge in [-0.15, -0.1) is 0 Å². The van der Waals surface area contributed by atoms with Crippen molar-refractivity contribution in [3.8, 4) is 0 Å². The van der Waals surface area contributed by atoms with Gasteiger partial charge < -0.3 is 0 Å². The molecule has 1 rings (SSSR count). The molecule has 8 nitrogen and oxygen atoms in total. The SMILES string of the molecule is CC(C)C1C[C@H](ON(O)O)[C@H](ON(O)O)C1. The topological polar surface area (TPSA) is 106 Å². The Hall–Kier alpha value is -0.320. The fraction of sp³-hybridized carbons (Fsp3) is 1.00. The molecule has 0 radical (unpaired) electrons. The van der Waals surface area contributed by atoms with Crippen LogP contribution in [0.2, 0.25) is 0 Å². The third-order valence-corrected chi connectivity index (χ3v) is 2.89. The lowest BCUT2D eigenvalue weighted by molar-refractivity contribution is -0.535. The van der Waals surface area contributed by atoms with Gasteiger partial charge in [-0.3, -0.25) is 20.8 Å². The first-order chi connectivity index (χ1) is 7.40. The normalized spacial score (nSPS) is 30.9. The van der Waals surface area contributed by atoms with Crippen molar-refractivity contribution < 1.29 is 30.5 Å². The molecule has 0 bridgehead atoms. The maximum absolute atomic E-state index is 8.56. The summed E-state index contributed by atoms with van der Waals surface area (Å²) in [4.78, 5) is 9.35. The minimum atomic E-state index is -0.635. The predicted octanol–water partition coefficient (Wildman–Crippen LogP) is 0.814. The van der Waals surface area contributed by atoms with Crippen molar-refractivity contribution in [3.05, 3.63) is 0 Å². The molecular formula is C8H18N2O6. The molecule has 4 N–H and O–H groups in total. The van der Waals surface area contributed by atoms with Crippen molar-refractivity contribution >= 4 is 0 Å². The molecule has 3 atom stereocenters. The maximum Gasteiger partial charge on any atom is 0.113 e. The zero-order valence-electron chi connectivity index (χ0n) is 9.22. The van der Waals surface area contributed by atoms with Crippen LogP contribution in [0, 0.1) is 11.8 Å². The fourth-order valence-corrected chi connectivity index (χ4v) is 2.00. The van der Waals surface area contributed by atoms with E-state index in [1.54, 1.807) is 0 Å². The second kappa shape index (κ2) is 5.84. The summed E-state index contributed by atoms with van der Waals surface area (Å²) in [7, 11) is 0. The van der Waals surface area contributed by atoms with Crippen LogP contribution in [0.4, 0.5) is 0 Å². The van der Waals surface area contributed by atoms with Gasteiger partial charge in [0.2, 0.25) is 0 Å². The van der Waals surface area contributed by atoms with E-state index >= 15 is 0 Å². The molecule has 8 heteroatoms. The molecule has 1 saturated carbocycles. The lowest BCUT2D eigenvalue weighted by Gasteiger charge is -2.21. The monoisotopic (exact) mass is 238 g/mol. The van der Waals surface area contributed by atoms with Crippen LogP contribution < -0.4 is 0 Å². The van der Waals surface area contributed by atoms with Crippen LogP contribution in [-0.4, -0.2) is 43.8 Å². The fourth-order valence-electron chi connectivity index (χ4n) is 2.00. The van der Waals surface area contributed by atoms with Crippen molar-refractivity contribution in [3.63, 3.8) is 0 Å². The third kappa shape index (κ3) is 3.92. The van der Waals surface area contributed by atoms with E-state index in [2.05, 4.69) is 9.68 Å². The van der Waals surface area contributed by atoms with Gasteiger partial charge in [0, 0.05) is 0 Å². The quantitative estimate of drug-likeness (QED) is 0.521.